The van der Waals surface area contributed by atoms with Gasteiger partial charge in [0.1, 0.15) is 5.82 Å². The normalized spacial score (nSPS) is 11.1. The third-order valence-electron chi connectivity index (χ3n) is 3.30. The number of nitrogens with one attached hydrogen (secondary N) is 1. The fraction of sp³-hybridized carbons (Fsp3) is 0.133. The molecular weight excluding hydrogens is 259 g/mol. The first-order chi connectivity index (χ1) is 9.16. The molecule has 1 heterocycles. The van der Waals surface area contributed by atoms with Gasteiger partial charge in [-0.15, -0.1) is 0 Å². The number of benzene rings is 2. The number of fused-ring (bicyclic) bond motifs is 1. The van der Waals surface area contributed by atoms with E-state index in [4.69, 9.17) is 12.2 Å². The van der Waals surface area contributed by atoms with Crippen LogP contribution in [0.15, 0.2) is 42.5 Å². The van der Waals surface area contributed by atoms with Crippen molar-refractivity contribution in [2.24, 2.45) is 0 Å². The molecule has 19 heavy (non-hydrogen) atoms. The van der Waals surface area contributed by atoms with Gasteiger partial charge in [-0.2, -0.15) is 0 Å². The average Bonchev–Trinajstić information content (AvgIpc) is 2.71. The van der Waals surface area contributed by atoms with Gasteiger partial charge in [0.2, 0.25) is 0 Å². The predicted molar refractivity (Wildman–Crippen MR) is 77.4 cm³/mol. The van der Waals surface area contributed by atoms with E-state index >= 15 is 0 Å². The van der Waals surface area contributed by atoms with Crippen LogP contribution in [0.25, 0.3) is 11.0 Å². The molecule has 2 aromatic carbocycles. The Morgan fingerprint density at radius 1 is 1.16 bits per heavy atom. The first-order valence-corrected chi connectivity index (χ1v) is 6.49. The van der Waals surface area contributed by atoms with Crippen LogP contribution >= 0.6 is 12.2 Å². The van der Waals surface area contributed by atoms with Crippen molar-refractivity contribution >= 4 is 23.3 Å². The van der Waals surface area contributed by atoms with Crippen molar-refractivity contribution in [3.8, 4) is 0 Å². The molecule has 0 bridgehead atoms. The van der Waals surface area contributed by atoms with Crippen molar-refractivity contribution in [2.45, 2.75) is 13.5 Å². The minimum absolute atomic E-state index is 0.202. The predicted octanol–water partition coefficient (Wildman–Crippen LogP) is 4.19. The molecular formula is C15H13FN2S. The lowest BCUT2D eigenvalue weighted by Crippen LogP contribution is -2.01. The number of aryl methyl sites for hydroxylation is 1. The van der Waals surface area contributed by atoms with E-state index in [-0.39, 0.29) is 5.82 Å². The topological polar surface area (TPSA) is 20.7 Å². The molecule has 0 fully saturated rings. The van der Waals surface area contributed by atoms with Crippen LogP contribution < -0.4 is 0 Å². The number of para-hydroxylation sites is 1. The second-order valence-corrected chi connectivity index (χ2v) is 4.96. The Labute approximate surface area is 115 Å². The molecule has 0 aliphatic carbocycles. The van der Waals surface area contributed by atoms with E-state index in [2.05, 4.69) is 4.98 Å². The zero-order valence-corrected chi connectivity index (χ0v) is 11.3. The van der Waals surface area contributed by atoms with Crippen molar-refractivity contribution in [1.29, 1.82) is 0 Å². The Kier molecular flexibility index (Phi) is 2.95. The lowest BCUT2D eigenvalue weighted by atomic mass is 10.2. The molecule has 1 N–H and O–H groups in total. The van der Waals surface area contributed by atoms with Crippen LogP contribution in [0.2, 0.25) is 0 Å². The Hall–Kier alpha value is -1.94. The van der Waals surface area contributed by atoms with Gasteiger partial charge in [-0.25, -0.2) is 4.39 Å². The number of halogens is 1. The van der Waals surface area contributed by atoms with Crippen molar-refractivity contribution in [3.05, 3.63) is 64.2 Å². The van der Waals surface area contributed by atoms with E-state index in [1.165, 1.54) is 6.07 Å². The van der Waals surface area contributed by atoms with Crippen molar-refractivity contribution < 1.29 is 4.39 Å². The molecule has 0 atom stereocenters. The SMILES string of the molecule is Cc1cccc2c1[nH]c(=S)n2Cc1ccccc1F. The molecule has 0 radical (unpaired) electrons. The first-order valence-electron chi connectivity index (χ1n) is 6.08. The summed E-state index contributed by atoms with van der Waals surface area (Å²) < 4.78 is 16.3. The molecule has 0 amide bonds. The third-order valence-corrected chi connectivity index (χ3v) is 3.63. The largest absolute Gasteiger partial charge is 0.330 e. The number of rotatable bonds is 2. The van der Waals surface area contributed by atoms with Crippen molar-refractivity contribution in [1.82, 2.24) is 9.55 Å². The molecule has 1 aromatic heterocycles. The molecule has 3 aromatic rings. The van der Waals surface area contributed by atoms with Gasteiger partial charge >= 0.3 is 0 Å². The highest BCUT2D eigenvalue weighted by Gasteiger charge is 2.08. The van der Waals surface area contributed by atoms with Gasteiger partial charge in [-0.05, 0) is 36.8 Å². The smallest absolute Gasteiger partial charge is 0.178 e. The lowest BCUT2D eigenvalue weighted by molar-refractivity contribution is 0.600. The maximum atomic E-state index is 13.7. The molecule has 0 aliphatic rings. The number of hydrogen-bond acceptors (Lipinski definition) is 1. The summed E-state index contributed by atoms with van der Waals surface area (Å²) in [4.78, 5) is 3.19. The highest BCUT2D eigenvalue weighted by Crippen LogP contribution is 2.19. The van der Waals surface area contributed by atoms with E-state index in [9.17, 15) is 4.39 Å². The number of aromatic nitrogens is 2. The fourth-order valence-electron chi connectivity index (χ4n) is 2.28. The lowest BCUT2D eigenvalue weighted by Gasteiger charge is -2.06. The molecule has 0 aliphatic heterocycles. The minimum atomic E-state index is -0.202. The molecule has 0 spiro atoms. The second kappa shape index (κ2) is 4.63. The van der Waals surface area contributed by atoms with Gasteiger partial charge in [-0.1, -0.05) is 30.3 Å². The van der Waals surface area contributed by atoms with Gasteiger partial charge in [-0.3, -0.25) is 0 Å². The zero-order valence-electron chi connectivity index (χ0n) is 10.5. The summed E-state index contributed by atoms with van der Waals surface area (Å²) in [6, 6.07) is 12.8. The van der Waals surface area contributed by atoms with Crippen LogP contribution in [0, 0.1) is 17.5 Å². The number of H-pyrrole nitrogens is 1. The Balaban J connectivity index is 2.16. The zero-order chi connectivity index (χ0) is 13.4. The quantitative estimate of drug-likeness (QED) is 0.694. The van der Waals surface area contributed by atoms with E-state index in [0.29, 0.717) is 16.9 Å². The van der Waals surface area contributed by atoms with Crippen molar-refractivity contribution in [3.63, 3.8) is 0 Å². The maximum absolute atomic E-state index is 13.7. The number of imidazole rings is 1. The van der Waals surface area contributed by atoms with Crippen LogP contribution in [0.3, 0.4) is 0 Å². The van der Waals surface area contributed by atoms with E-state index in [0.717, 1.165) is 16.6 Å². The molecule has 0 unspecified atom stereocenters. The van der Waals surface area contributed by atoms with Crippen molar-refractivity contribution in [2.75, 3.05) is 0 Å². The number of nitrogens with zero attached hydrogens (tertiary/aromatic N) is 1. The summed E-state index contributed by atoms with van der Waals surface area (Å²) in [5.74, 6) is -0.202. The molecule has 0 saturated heterocycles. The molecule has 96 valence electrons. The second-order valence-electron chi connectivity index (χ2n) is 4.58. The first kappa shape index (κ1) is 12.1. The highest BCUT2D eigenvalue weighted by atomic mass is 32.1. The summed E-state index contributed by atoms with van der Waals surface area (Å²) in [6.45, 7) is 2.47. The van der Waals surface area contributed by atoms with Gasteiger partial charge in [0, 0.05) is 5.56 Å². The Bertz CT molecular complexity index is 801. The maximum Gasteiger partial charge on any atom is 0.178 e. The summed E-state index contributed by atoms with van der Waals surface area (Å²) in [5.41, 5.74) is 3.80. The molecule has 4 heteroatoms. The Morgan fingerprint density at radius 3 is 2.74 bits per heavy atom. The summed E-state index contributed by atoms with van der Waals surface area (Å²) >= 11 is 5.34. The van der Waals surface area contributed by atoms with Gasteiger partial charge in [0.05, 0.1) is 17.6 Å². The standard InChI is InChI=1S/C15H13FN2S/c1-10-5-4-8-13-14(10)17-15(19)18(13)9-11-6-2-3-7-12(11)16/h2-8H,9H2,1H3,(H,17,19). The van der Waals surface area contributed by atoms with Gasteiger partial charge in [0.15, 0.2) is 4.77 Å². The Morgan fingerprint density at radius 2 is 1.95 bits per heavy atom. The third kappa shape index (κ3) is 2.08. The van der Waals surface area contributed by atoms with E-state index in [1.54, 1.807) is 12.1 Å². The minimum Gasteiger partial charge on any atom is -0.330 e. The summed E-state index contributed by atoms with van der Waals surface area (Å²) in [5, 5.41) is 0. The van der Waals surface area contributed by atoms with Crippen LogP contribution in [-0.4, -0.2) is 9.55 Å². The highest BCUT2D eigenvalue weighted by molar-refractivity contribution is 7.71. The monoisotopic (exact) mass is 272 g/mol. The fourth-order valence-corrected chi connectivity index (χ4v) is 2.54. The number of aromatic amines is 1. The molecule has 3 rings (SSSR count). The van der Waals surface area contributed by atoms with Gasteiger partial charge in [0.25, 0.3) is 0 Å². The van der Waals surface area contributed by atoms with E-state index < -0.39 is 0 Å². The van der Waals surface area contributed by atoms with Crippen LogP contribution in [-0.2, 0) is 6.54 Å². The van der Waals surface area contributed by atoms with Crippen LogP contribution in [0.5, 0.6) is 0 Å². The van der Waals surface area contributed by atoms with Gasteiger partial charge < -0.3 is 9.55 Å². The van der Waals surface area contributed by atoms with E-state index in [1.807, 2.05) is 35.8 Å². The number of hydrogen-bond donors (Lipinski definition) is 1. The molecule has 2 nitrogen and oxygen atoms in total. The van der Waals surface area contributed by atoms with Crippen LogP contribution in [0.4, 0.5) is 4.39 Å². The summed E-state index contributed by atoms with van der Waals surface area (Å²) in [6.07, 6.45) is 0. The van der Waals surface area contributed by atoms with Crippen LogP contribution in [0.1, 0.15) is 11.1 Å². The summed E-state index contributed by atoms with van der Waals surface area (Å²) in [7, 11) is 0. The molecule has 0 saturated carbocycles. The average molecular weight is 272 g/mol.